The molecule has 0 atom stereocenters. The van der Waals surface area contributed by atoms with E-state index in [2.05, 4.69) is 25.6 Å². The van der Waals surface area contributed by atoms with E-state index in [4.69, 9.17) is 11.6 Å². The molecule has 0 spiro atoms. The van der Waals surface area contributed by atoms with Gasteiger partial charge in [0, 0.05) is 12.4 Å². The zero-order chi connectivity index (χ0) is 18.6. The number of benzene rings is 1. The average molecular weight is 380 g/mol. The van der Waals surface area contributed by atoms with Crippen LogP contribution in [0.3, 0.4) is 0 Å². The number of anilines is 3. The van der Waals surface area contributed by atoms with Gasteiger partial charge in [0.15, 0.2) is 0 Å². The minimum absolute atomic E-state index is 0.0726. The van der Waals surface area contributed by atoms with Crippen LogP contribution in [0.1, 0.15) is 11.3 Å². The Bertz CT molecular complexity index is 887. The Morgan fingerprint density at radius 3 is 2.58 bits per heavy atom. The van der Waals surface area contributed by atoms with Gasteiger partial charge in [-0.2, -0.15) is 18.2 Å². The molecule has 0 saturated carbocycles. The van der Waals surface area contributed by atoms with Crippen LogP contribution in [-0.2, 0) is 12.7 Å². The Hall–Kier alpha value is -2.87. The molecule has 134 valence electrons. The van der Waals surface area contributed by atoms with Crippen LogP contribution in [0, 0.1) is 0 Å². The van der Waals surface area contributed by atoms with Crippen molar-refractivity contribution in [1.29, 1.82) is 0 Å². The maximum Gasteiger partial charge on any atom is 0.416 e. The summed E-state index contributed by atoms with van der Waals surface area (Å²) in [7, 11) is 0. The first kappa shape index (κ1) is 17.9. The average Bonchev–Trinajstić information content (AvgIpc) is 2.62. The van der Waals surface area contributed by atoms with E-state index in [0.29, 0.717) is 12.4 Å². The van der Waals surface area contributed by atoms with Crippen molar-refractivity contribution in [1.82, 2.24) is 15.0 Å². The molecular weight excluding hydrogens is 367 g/mol. The lowest BCUT2D eigenvalue weighted by molar-refractivity contribution is -0.137. The van der Waals surface area contributed by atoms with Crippen molar-refractivity contribution in [2.45, 2.75) is 12.7 Å². The number of hydrogen-bond donors (Lipinski definition) is 2. The topological polar surface area (TPSA) is 62.7 Å². The van der Waals surface area contributed by atoms with Crippen molar-refractivity contribution in [2.75, 3.05) is 10.6 Å². The third-order valence-corrected chi connectivity index (χ3v) is 3.70. The van der Waals surface area contributed by atoms with Crippen LogP contribution in [0.25, 0.3) is 0 Å². The molecule has 5 nitrogen and oxygen atoms in total. The molecule has 3 aromatic rings. The SMILES string of the molecule is FC(F)(F)c1ccc(Cl)c(Nc2nccc(NCc3ccccn3)n2)c1. The number of alkyl halides is 3. The quantitative estimate of drug-likeness (QED) is 0.660. The highest BCUT2D eigenvalue weighted by Crippen LogP contribution is 2.34. The number of hydrogen-bond acceptors (Lipinski definition) is 5. The smallest absolute Gasteiger partial charge is 0.364 e. The molecule has 2 N–H and O–H groups in total. The Balaban J connectivity index is 1.75. The predicted octanol–water partition coefficient (Wildman–Crippen LogP) is 4.90. The Morgan fingerprint density at radius 1 is 1.00 bits per heavy atom. The van der Waals surface area contributed by atoms with Gasteiger partial charge in [-0.25, -0.2) is 4.98 Å². The first-order valence-electron chi connectivity index (χ1n) is 7.52. The van der Waals surface area contributed by atoms with Crippen LogP contribution in [0.5, 0.6) is 0 Å². The molecule has 3 rings (SSSR count). The largest absolute Gasteiger partial charge is 0.416 e. The molecule has 0 aliphatic carbocycles. The third kappa shape index (κ3) is 4.60. The molecule has 2 aromatic heterocycles. The highest BCUT2D eigenvalue weighted by atomic mass is 35.5. The van der Waals surface area contributed by atoms with Gasteiger partial charge in [0.05, 0.1) is 28.5 Å². The summed E-state index contributed by atoms with van der Waals surface area (Å²) >= 11 is 5.97. The molecule has 9 heteroatoms. The molecule has 0 aliphatic heterocycles. The molecule has 0 saturated heterocycles. The van der Waals surface area contributed by atoms with E-state index in [9.17, 15) is 13.2 Å². The van der Waals surface area contributed by atoms with Gasteiger partial charge in [0.2, 0.25) is 5.95 Å². The molecule has 0 unspecified atom stereocenters. The van der Waals surface area contributed by atoms with Gasteiger partial charge in [-0.15, -0.1) is 0 Å². The maximum absolute atomic E-state index is 12.8. The van der Waals surface area contributed by atoms with Crippen molar-refractivity contribution in [3.63, 3.8) is 0 Å². The van der Waals surface area contributed by atoms with E-state index in [1.165, 1.54) is 12.3 Å². The molecule has 0 fully saturated rings. The molecule has 2 heterocycles. The van der Waals surface area contributed by atoms with Crippen LogP contribution in [0.15, 0.2) is 54.9 Å². The van der Waals surface area contributed by atoms with Crippen LogP contribution in [0.2, 0.25) is 5.02 Å². The summed E-state index contributed by atoms with van der Waals surface area (Å²) in [6, 6.07) is 10.2. The van der Waals surface area contributed by atoms with Gasteiger partial charge in [-0.1, -0.05) is 17.7 Å². The summed E-state index contributed by atoms with van der Waals surface area (Å²) in [5.41, 5.74) is 0.0822. The summed E-state index contributed by atoms with van der Waals surface area (Å²) in [4.78, 5) is 12.4. The van der Waals surface area contributed by atoms with E-state index in [-0.39, 0.29) is 16.7 Å². The minimum Gasteiger partial charge on any atom is -0.364 e. The number of halogens is 4. The monoisotopic (exact) mass is 379 g/mol. The van der Waals surface area contributed by atoms with E-state index < -0.39 is 11.7 Å². The molecule has 0 amide bonds. The second-order valence-corrected chi connectivity index (χ2v) is 5.66. The minimum atomic E-state index is -4.46. The van der Waals surface area contributed by atoms with E-state index in [1.807, 2.05) is 18.2 Å². The van der Waals surface area contributed by atoms with Gasteiger partial charge in [0.25, 0.3) is 0 Å². The zero-order valence-electron chi connectivity index (χ0n) is 13.3. The van der Waals surface area contributed by atoms with Gasteiger partial charge in [-0.3, -0.25) is 4.98 Å². The Kier molecular flexibility index (Phi) is 5.22. The molecular formula is C17H13ClF3N5. The van der Waals surface area contributed by atoms with Crippen LogP contribution in [0.4, 0.5) is 30.6 Å². The Morgan fingerprint density at radius 2 is 1.85 bits per heavy atom. The third-order valence-electron chi connectivity index (χ3n) is 3.37. The maximum atomic E-state index is 12.8. The molecule has 0 radical (unpaired) electrons. The summed E-state index contributed by atoms with van der Waals surface area (Å²) < 4.78 is 38.5. The summed E-state index contributed by atoms with van der Waals surface area (Å²) in [6.07, 6.45) is -1.30. The van der Waals surface area contributed by atoms with Crippen molar-refractivity contribution >= 4 is 29.1 Å². The lowest BCUT2D eigenvalue weighted by Crippen LogP contribution is -2.07. The molecule has 1 aromatic carbocycles. The second-order valence-electron chi connectivity index (χ2n) is 5.26. The van der Waals surface area contributed by atoms with Crippen molar-refractivity contribution in [2.24, 2.45) is 0 Å². The molecule has 26 heavy (non-hydrogen) atoms. The number of pyridine rings is 1. The first-order valence-corrected chi connectivity index (χ1v) is 7.90. The van der Waals surface area contributed by atoms with Gasteiger partial charge >= 0.3 is 6.18 Å². The standard InChI is InChI=1S/C17H13ClF3N5/c18-13-5-4-11(17(19,20)21)9-14(13)25-16-23-8-6-15(26-16)24-10-12-3-1-2-7-22-12/h1-9H,10H2,(H2,23,24,25,26). The number of rotatable bonds is 5. The van der Waals surface area contributed by atoms with Crippen molar-refractivity contribution in [3.05, 3.63) is 71.1 Å². The number of nitrogens with one attached hydrogen (secondary N) is 2. The predicted molar refractivity (Wildman–Crippen MR) is 93.3 cm³/mol. The van der Waals surface area contributed by atoms with E-state index >= 15 is 0 Å². The van der Waals surface area contributed by atoms with Gasteiger partial charge < -0.3 is 10.6 Å². The number of nitrogens with zero attached hydrogens (tertiary/aromatic N) is 3. The van der Waals surface area contributed by atoms with Crippen molar-refractivity contribution < 1.29 is 13.2 Å². The fourth-order valence-corrected chi connectivity index (χ4v) is 2.28. The van der Waals surface area contributed by atoms with Crippen LogP contribution in [-0.4, -0.2) is 15.0 Å². The zero-order valence-corrected chi connectivity index (χ0v) is 14.0. The highest BCUT2D eigenvalue weighted by molar-refractivity contribution is 6.33. The van der Waals surface area contributed by atoms with E-state index in [0.717, 1.165) is 17.8 Å². The molecule has 0 bridgehead atoms. The summed E-state index contributed by atoms with van der Waals surface area (Å²) in [6.45, 7) is 0.446. The second kappa shape index (κ2) is 7.57. The lowest BCUT2D eigenvalue weighted by atomic mass is 10.2. The normalized spacial score (nSPS) is 11.2. The number of aromatic nitrogens is 3. The van der Waals surface area contributed by atoms with E-state index in [1.54, 1.807) is 12.3 Å². The highest BCUT2D eigenvalue weighted by Gasteiger charge is 2.31. The fraction of sp³-hybridized carbons (Fsp3) is 0.118. The Labute approximate surface area is 152 Å². The fourth-order valence-electron chi connectivity index (χ4n) is 2.12. The first-order chi connectivity index (χ1) is 12.4. The van der Waals surface area contributed by atoms with Crippen LogP contribution < -0.4 is 10.6 Å². The van der Waals surface area contributed by atoms with Gasteiger partial charge in [-0.05, 0) is 36.4 Å². The lowest BCUT2D eigenvalue weighted by Gasteiger charge is -2.12. The van der Waals surface area contributed by atoms with Gasteiger partial charge in [0.1, 0.15) is 5.82 Å². The van der Waals surface area contributed by atoms with Crippen LogP contribution >= 0.6 is 11.6 Å². The summed E-state index contributed by atoms with van der Waals surface area (Å²) in [5.74, 6) is 0.619. The molecule has 0 aliphatic rings. The summed E-state index contributed by atoms with van der Waals surface area (Å²) in [5, 5.41) is 5.92. The van der Waals surface area contributed by atoms with Crippen molar-refractivity contribution in [3.8, 4) is 0 Å².